The first-order valence-electron chi connectivity index (χ1n) is 6.40. The summed E-state index contributed by atoms with van der Waals surface area (Å²) in [6.45, 7) is 4.23. The van der Waals surface area contributed by atoms with Crippen molar-refractivity contribution in [1.29, 1.82) is 10.8 Å². The van der Waals surface area contributed by atoms with Crippen LogP contribution in [0, 0.1) is 16.7 Å². The second-order valence-electron chi connectivity index (χ2n) is 4.73. The molecule has 0 aromatic heterocycles. The van der Waals surface area contributed by atoms with Gasteiger partial charge < -0.3 is 10.8 Å². The van der Waals surface area contributed by atoms with Gasteiger partial charge in [-0.1, -0.05) is 48.3 Å². The fourth-order valence-corrected chi connectivity index (χ4v) is 2.35. The van der Waals surface area contributed by atoms with Gasteiger partial charge in [0.2, 0.25) is 0 Å². The van der Waals surface area contributed by atoms with Crippen LogP contribution in [0.5, 0.6) is 0 Å². The largest absolute Gasteiger partial charge is 0.313 e. The molecule has 1 rings (SSSR count). The van der Waals surface area contributed by atoms with E-state index in [1.807, 2.05) is 12.1 Å². The molecular formula is C15H21BrN2. The van der Waals surface area contributed by atoms with E-state index in [9.17, 15) is 0 Å². The molecule has 0 heterocycles. The third-order valence-corrected chi connectivity index (χ3v) is 3.81. The molecule has 0 fully saturated rings. The molecular weight excluding hydrogens is 288 g/mol. The molecule has 0 amide bonds. The Morgan fingerprint density at radius 3 is 2.44 bits per heavy atom. The van der Waals surface area contributed by atoms with Crippen LogP contribution in [0.25, 0.3) is 0 Å². The van der Waals surface area contributed by atoms with Crippen LogP contribution in [-0.4, -0.2) is 11.9 Å². The van der Waals surface area contributed by atoms with Crippen molar-refractivity contribution in [3.05, 3.63) is 34.3 Å². The molecule has 3 heteroatoms. The highest BCUT2D eigenvalue weighted by molar-refractivity contribution is 9.10. The van der Waals surface area contributed by atoms with E-state index < -0.39 is 0 Å². The van der Waals surface area contributed by atoms with Gasteiger partial charge in [0.05, 0.1) is 0 Å². The van der Waals surface area contributed by atoms with E-state index in [1.54, 1.807) is 0 Å². The van der Waals surface area contributed by atoms with Crippen LogP contribution in [0.4, 0.5) is 0 Å². The van der Waals surface area contributed by atoms with Gasteiger partial charge in [-0.2, -0.15) is 0 Å². The van der Waals surface area contributed by atoms with E-state index in [-0.39, 0.29) is 11.8 Å². The minimum Gasteiger partial charge on any atom is -0.313 e. The molecule has 2 atom stereocenters. The molecule has 0 saturated heterocycles. The van der Waals surface area contributed by atoms with Gasteiger partial charge in [-0.25, -0.2) is 0 Å². The van der Waals surface area contributed by atoms with Crippen LogP contribution in [0.1, 0.15) is 44.6 Å². The SMILES string of the molecule is CCCC(=N)CC(C=N)C(C)c1ccc(Br)cc1. The highest BCUT2D eigenvalue weighted by Gasteiger charge is 2.18. The molecule has 0 saturated carbocycles. The standard InChI is InChI=1S/C15H21BrN2/c1-3-4-15(18)9-13(10-17)11(2)12-5-7-14(16)8-6-12/h5-8,10-11,13,17-18H,3-4,9H2,1-2H3. The molecule has 0 aliphatic rings. The fourth-order valence-electron chi connectivity index (χ4n) is 2.08. The summed E-state index contributed by atoms with van der Waals surface area (Å²) < 4.78 is 1.07. The van der Waals surface area contributed by atoms with Crippen LogP contribution < -0.4 is 0 Å². The summed E-state index contributed by atoms with van der Waals surface area (Å²) in [6, 6.07) is 8.25. The summed E-state index contributed by atoms with van der Waals surface area (Å²) in [5.74, 6) is 0.415. The Morgan fingerprint density at radius 2 is 1.94 bits per heavy atom. The van der Waals surface area contributed by atoms with E-state index in [0.29, 0.717) is 6.42 Å². The maximum Gasteiger partial charge on any atom is 0.0175 e. The molecule has 0 aliphatic carbocycles. The summed E-state index contributed by atoms with van der Waals surface area (Å²) in [4.78, 5) is 0. The van der Waals surface area contributed by atoms with Gasteiger partial charge in [0.1, 0.15) is 0 Å². The number of nitrogens with one attached hydrogen (secondary N) is 2. The average Bonchev–Trinajstić information content (AvgIpc) is 2.36. The van der Waals surface area contributed by atoms with Crippen LogP contribution in [-0.2, 0) is 0 Å². The maximum atomic E-state index is 7.90. The van der Waals surface area contributed by atoms with E-state index in [4.69, 9.17) is 10.8 Å². The molecule has 0 radical (unpaired) electrons. The molecule has 2 unspecified atom stereocenters. The van der Waals surface area contributed by atoms with Crippen LogP contribution in [0.3, 0.4) is 0 Å². The Balaban J connectivity index is 2.72. The Kier molecular flexibility index (Phi) is 6.27. The Hall–Kier alpha value is -0.960. The smallest absolute Gasteiger partial charge is 0.0175 e. The number of hydrogen-bond acceptors (Lipinski definition) is 2. The lowest BCUT2D eigenvalue weighted by molar-refractivity contribution is 0.595. The van der Waals surface area contributed by atoms with Crippen LogP contribution in [0.2, 0.25) is 0 Å². The monoisotopic (exact) mass is 308 g/mol. The van der Waals surface area contributed by atoms with Crippen molar-refractivity contribution in [2.75, 3.05) is 0 Å². The van der Waals surface area contributed by atoms with Crippen molar-refractivity contribution in [2.24, 2.45) is 5.92 Å². The molecule has 2 nitrogen and oxygen atoms in total. The normalized spacial score (nSPS) is 13.9. The Morgan fingerprint density at radius 1 is 1.33 bits per heavy atom. The van der Waals surface area contributed by atoms with Gasteiger partial charge in [0.25, 0.3) is 0 Å². The average molecular weight is 309 g/mol. The fraction of sp³-hybridized carbons (Fsp3) is 0.467. The zero-order valence-electron chi connectivity index (χ0n) is 11.0. The quantitative estimate of drug-likeness (QED) is 0.664. The lowest BCUT2D eigenvalue weighted by atomic mass is 9.84. The third-order valence-electron chi connectivity index (χ3n) is 3.29. The van der Waals surface area contributed by atoms with E-state index >= 15 is 0 Å². The first-order valence-corrected chi connectivity index (χ1v) is 7.20. The lowest BCUT2D eigenvalue weighted by Gasteiger charge is -2.20. The van der Waals surface area contributed by atoms with Crippen molar-refractivity contribution in [3.63, 3.8) is 0 Å². The highest BCUT2D eigenvalue weighted by Crippen LogP contribution is 2.27. The van der Waals surface area contributed by atoms with Gasteiger partial charge in [-0.15, -0.1) is 0 Å². The van der Waals surface area contributed by atoms with Crippen molar-refractivity contribution < 1.29 is 0 Å². The predicted molar refractivity (Wildman–Crippen MR) is 82.1 cm³/mol. The first kappa shape index (κ1) is 15.1. The van der Waals surface area contributed by atoms with Crippen LogP contribution >= 0.6 is 15.9 Å². The van der Waals surface area contributed by atoms with Gasteiger partial charge >= 0.3 is 0 Å². The van der Waals surface area contributed by atoms with Gasteiger partial charge in [-0.05, 0) is 42.7 Å². The highest BCUT2D eigenvalue weighted by atomic mass is 79.9. The van der Waals surface area contributed by atoms with E-state index in [1.165, 1.54) is 11.8 Å². The van der Waals surface area contributed by atoms with Gasteiger partial charge in [0, 0.05) is 16.1 Å². The Labute approximate surface area is 118 Å². The number of halogens is 1. The zero-order valence-corrected chi connectivity index (χ0v) is 12.6. The minimum absolute atomic E-state index is 0.130. The number of hydrogen-bond donors (Lipinski definition) is 2. The summed E-state index contributed by atoms with van der Waals surface area (Å²) in [5.41, 5.74) is 1.99. The zero-order chi connectivity index (χ0) is 13.5. The number of rotatable bonds is 7. The van der Waals surface area contributed by atoms with Crippen molar-refractivity contribution >= 4 is 27.9 Å². The van der Waals surface area contributed by atoms with E-state index in [2.05, 4.69) is 41.9 Å². The summed E-state index contributed by atoms with van der Waals surface area (Å²) >= 11 is 3.43. The molecule has 98 valence electrons. The third kappa shape index (κ3) is 4.37. The van der Waals surface area contributed by atoms with Crippen molar-refractivity contribution in [2.45, 2.75) is 39.0 Å². The molecule has 1 aromatic rings. The second kappa shape index (κ2) is 7.47. The molecule has 18 heavy (non-hydrogen) atoms. The molecule has 0 bridgehead atoms. The van der Waals surface area contributed by atoms with Gasteiger partial charge in [-0.3, -0.25) is 0 Å². The molecule has 1 aromatic carbocycles. The molecule has 2 N–H and O–H groups in total. The maximum absolute atomic E-state index is 7.90. The lowest BCUT2D eigenvalue weighted by Crippen LogP contribution is -2.15. The topological polar surface area (TPSA) is 47.7 Å². The van der Waals surface area contributed by atoms with Crippen molar-refractivity contribution in [3.8, 4) is 0 Å². The molecule has 0 spiro atoms. The molecule has 0 aliphatic heterocycles. The summed E-state index contributed by atoms with van der Waals surface area (Å²) in [6.07, 6.45) is 4.05. The van der Waals surface area contributed by atoms with Crippen molar-refractivity contribution in [1.82, 2.24) is 0 Å². The van der Waals surface area contributed by atoms with E-state index in [0.717, 1.165) is 23.0 Å². The summed E-state index contributed by atoms with van der Waals surface area (Å²) in [7, 11) is 0. The second-order valence-corrected chi connectivity index (χ2v) is 5.64. The Bertz CT molecular complexity index is 397. The summed E-state index contributed by atoms with van der Waals surface area (Å²) in [5, 5.41) is 15.5. The number of benzene rings is 1. The van der Waals surface area contributed by atoms with Gasteiger partial charge in [0.15, 0.2) is 0 Å². The first-order chi connectivity index (χ1) is 8.58. The predicted octanol–water partition coefficient (Wildman–Crippen LogP) is 5.03. The van der Waals surface area contributed by atoms with Crippen LogP contribution in [0.15, 0.2) is 28.7 Å². The minimum atomic E-state index is 0.130.